The Morgan fingerprint density at radius 3 is 1.79 bits per heavy atom. The van der Waals surface area contributed by atoms with Gasteiger partial charge in [-0.05, 0) is 35.9 Å². The van der Waals surface area contributed by atoms with Gasteiger partial charge in [-0.15, -0.1) is 0 Å². The number of aromatic hydroxyl groups is 2. The van der Waals surface area contributed by atoms with Gasteiger partial charge in [-0.1, -0.05) is 70.7 Å². The molecular weight excluding hydrogens is 482 g/mol. The minimum Gasteiger partial charge on any atom is -0.508 e. The van der Waals surface area contributed by atoms with E-state index >= 15 is 0 Å². The monoisotopic (exact) mass is 492 g/mol. The molecule has 3 rings (SSSR count). The first-order valence-electron chi connectivity index (χ1n) is 7.89. The Balaban J connectivity index is 2.59. The van der Waals surface area contributed by atoms with E-state index in [2.05, 4.69) is 0 Å². The van der Waals surface area contributed by atoms with Gasteiger partial charge in [0.1, 0.15) is 11.5 Å². The maximum Gasteiger partial charge on any atom is 0.283 e. The number of hydrogen-bond donors (Lipinski definition) is 3. The quantitative estimate of drug-likeness (QED) is 0.239. The van der Waals surface area contributed by atoms with E-state index in [0.29, 0.717) is 0 Å². The zero-order chi connectivity index (χ0) is 21.6. The summed E-state index contributed by atoms with van der Waals surface area (Å²) in [4.78, 5) is 0. The number of phenolic OH excluding ortho intramolecular Hbond substituents is 2. The van der Waals surface area contributed by atoms with Crippen molar-refractivity contribution in [1.29, 1.82) is 0 Å². The SMILES string of the molecule is O=S(=O)(O)C(c1ccc(O)cc1)(c1ccc(O)cc1Cl)c1ccc(Cl)c(Cl)c1Cl. The summed E-state index contributed by atoms with van der Waals surface area (Å²) in [5, 5.41) is 19.0. The van der Waals surface area contributed by atoms with E-state index in [1.54, 1.807) is 0 Å². The molecule has 0 aliphatic carbocycles. The fourth-order valence-electron chi connectivity index (χ4n) is 3.17. The van der Waals surface area contributed by atoms with Crippen LogP contribution in [0.4, 0.5) is 0 Å². The van der Waals surface area contributed by atoms with Gasteiger partial charge in [-0.3, -0.25) is 4.55 Å². The van der Waals surface area contributed by atoms with Gasteiger partial charge in [0, 0.05) is 16.1 Å². The summed E-state index contributed by atoms with van der Waals surface area (Å²) in [6.45, 7) is 0. The van der Waals surface area contributed by atoms with Crippen molar-refractivity contribution in [1.82, 2.24) is 0 Å². The molecule has 0 aromatic heterocycles. The standard InChI is InChI=1S/C19H12Cl4O5S/c20-15-8-7-14(17(22)18(15)23)19(29(26,27)28,10-1-3-11(24)4-2-10)13-6-5-12(25)9-16(13)21/h1-9,24-25H,(H,26,27,28). The fraction of sp³-hybridized carbons (Fsp3) is 0.0526. The summed E-state index contributed by atoms with van der Waals surface area (Å²) >= 11 is 24.8. The lowest BCUT2D eigenvalue weighted by Crippen LogP contribution is -2.38. The van der Waals surface area contributed by atoms with Crippen LogP contribution in [-0.2, 0) is 14.9 Å². The molecule has 0 aliphatic rings. The second kappa shape index (κ2) is 7.87. The second-order valence-electron chi connectivity index (χ2n) is 6.09. The molecule has 0 heterocycles. The first-order chi connectivity index (χ1) is 13.5. The van der Waals surface area contributed by atoms with Crippen LogP contribution < -0.4 is 0 Å². The van der Waals surface area contributed by atoms with Gasteiger partial charge in [0.25, 0.3) is 10.1 Å². The van der Waals surface area contributed by atoms with Crippen LogP contribution in [0.3, 0.4) is 0 Å². The number of phenols is 2. The van der Waals surface area contributed by atoms with Gasteiger partial charge in [0.2, 0.25) is 0 Å². The molecule has 3 aromatic carbocycles. The minimum absolute atomic E-state index is 0.0191. The summed E-state index contributed by atoms with van der Waals surface area (Å²) in [5.74, 6) is -0.344. The Kier molecular flexibility index (Phi) is 5.98. The van der Waals surface area contributed by atoms with Gasteiger partial charge in [0.15, 0.2) is 4.75 Å². The molecule has 3 aromatic rings. The van der Waals surface area contributed by atoms with E-state index in [9.17, 15) is 23.2 Å². The largest absolute Gasteiger partial charge is 0.508 e. The third-order valence-corrected chi connectivity index (χ3v) is 7.46. The van der Waals surface area contributed by atoms with Gasteiger partial charge >= 0.3 is 0 Å². The van der Waals surface area contributed by atoms with E-state index in [1.807, 2.05) is 0 Å². The van der Waals surface area contributed by atoms with E-state index in [-0.39, 0.29) is 48.3 Å². The predicted octanol–water partition coefficient (Wildman–Crippen LogP) is 5.89. The topological polar surface area (TPSA) is 94.8 Å². The summed E-state index contributed by atoms with van der Waals surface area (Å²) in [7, 11) is -5.02. The lowest BCUT2D eigenvalue weighted by atomic mass is 9.83. The molecule has 10 heteroatoms. The number of benzene rings is 3. The van der Waals surface area contributed by atoms with E-state index in [0.717, 1.165) is 6.07 Å². The van der Waals surface area contributed by atoms with Crippen molar-refractivity contribution < 1.29 is 23.2 Å². The van der Waals surface area contributed by atoms with Crippen LogP contribution in [-0.4, -0.2) is 23.2 Å². The van der Waals surface area contributed by atoms with Crippen LogP contribution in [0, 0.1) is 0 Å². The molecule has 0 saturated heterocycles. The zero-order valence-corrected chi connectivity index (χ0v) is 18.1. The normalized spacial score (nSPS) is 13.8. The highest BCUT2D eigenvalue weighted by Crippen LogP contribution is 2.51. The van der Waals surface area contributed by atoms with Crippen molar-refractivity contribution in [2.24, 2.45) is 0 Å². The van der Waals surface area contributed by atoms with Crippen LogP contribution >= 0.6 is 46.4 Å². The van der Waals surface area contributed by atoms with E-state index < -0.39 is 14.9 Å². The summed E-state index contributed by atoms with van der Waals surface area (Å²) in [6.07, 6.45) is 0. The number of halogens is 4. The lowest BCUT2D eigenvalue weighted by molar-refractivity contribution is 0.456. The molecule has 1 unspecified atom stereocenters. The molecule has 3 N–H and O–H groups in total. The number of hydrogen-bond acceptors (Lipinski definition) is 4. The maximum absolute atomic E-state index is 13.0. The molecule has 0 amide bonds. The van der Waals surface area contributed by atoms with Crippen molar-refractivity contribution in [2.45, 2.75) is 4.75 Å². The molecular formula is C19H12Cl4O5S. The second-order valence-corrected chi connectivity index (χ2v) is 9.22. The summed E-state index contributed by atoms with van der Waals surface area (Å²) in [6, 6.07) is 11.3. The van der Waals surface area contributed by atoms with Crippen molar-refractivity contribution >= 4 is 56.5 Å². The number of rotatable bonds is 4. The molecule has 29 heavy (non-hydrogen) atoms. The van der Waals surface area contributed by atoms with Crippen molar-refractivity contribution in [2.75, 3.05) is 0 Å². The van der Waals surface area contributed by atoms with Crippen LogP contribution in [0.25, 0.3) is 0 Å². The molecule has 0 spiro atoms. The maximum atomic E-state index is 13.0. The Hall–Kier alpha value is -1.67. The molecule has 0 radical (unpaired) electrons. The molecule has 0 aliphatic heterocycles. The zero-order valence-electron chi connectivity index (χ0n) is 14.3. The smallest absolute Gasteiger partial charge is 0.283 e. The van der Waals surface area contributed by atoms with Crippen molar-refractivity contribution in [3.05, 3.63) is 91.4 Å². The van der Waals surface area contributed by atoms with Crippen LogP contribution in [0.5, 0.6) is 11.5 Å². The van der Waals surface area contributed by atoms with Gasteiger partial charge in [-0.25, -0.2) is 0 Å². The van der Waals surface area contributed by atoms with Crippen LogP contribution in [0.1, 0.15) is 16.7 Å². The molecule has 152 valence electrons. The third-order valence-electron chi connectivity index (χ3n) is 4.41. The Labute approximate surface area is 186 Å². The molecule has 1 atom stereocenters. The minimum atomic E-state index is -5.02. The summed E-state index contributed by atoms with van der Waals surface area (Å²) in [5.41, 5.74) is -0.189. The highest BCUT2D eigenvalue weighted by Gasteiger charge is 2.51. The average Bonchev–Trinajstić information content (AvgIpc) is 2.63. The van der Waals surface area contributed by atoms with Gasteiger partial charge in [-0.2, -0.15) is 8.42 Å². The Morgan fingerprint density at radius 1 is 0.690 bits per heavy atom. The molecule has 0 saturated carbocycles. The Bertz CT molecular complexity index is 1200. The Morgan fingerprint density at radius 2 is 1.24 bits per heavy atom. The van der Waals surface area contributed by atoms with Crippen molar-refractivity contribution in [3.8, 4) is 11.5 Å². The van der Waals surface area contributed by atoms with Gasteiger partial charge in [0.05, 0.1) is 15.1 Å². The third kappa shape index (κ3) is 3.65. The summed E-state index contributed by atoms with van der Waals surface area (Å²) < 4.78 is 34.1. The van der Waals surface area contributed by atoms with E-state index in [4.69, 9.17) is 46.4 Å². The molecule has 5 nitrogen and oxygen atoms in total. The average molecular weight is 494 g/mol. The molecule has 0 bridgehead atoms. The first kappa shape index (κ1) is 22.0. The van der Waals surface area contributed by atoms with Gasteiger partial charge < -0.3 is 10.2 Å². The van der Waals surface area contributed by atoms with Crippen molar-refractivity contribution in [3.63, 3.8) is 0 Å². The highest BCUT2D eigenvalue weighted by molar-refractivity contribution is 7.87. The van der Waals surface area contributed by atoms with Crippen LogP contribution in [0.15, 0.2) is 54.6 Å². The molecule has 0 fully saturated rings. The highest BCUT2D eigenvalue weighted by atomic mass is 35.5. The fourth-order valence-corrected chi connectivity index (χ4v) is 5.61. The van der Waals surface area contributed by atoms with E-state index in [1.165, 1.54) is 48.5 Å². The first-order valence-corrected chi connectivity index (χ1v) is 10.8. The predicted molar refractivity (Wildman–Crippen MR) is 114 cm³/mol. The van der Waals surface area contributed by atoms with Crippen LogP contribution in [0.2, 0.25) is 20.1 Å². The lowest BCUT2D eigenvalue weighted by Gasteiger charge is -2.34.